The van der Waals surface area contributed by atoms with Gasteiger partial charge in [0.05, 0.1) is 5.69 Å². The van der Waals surface area contributed by atoms with Crippen molar-refractivity contribution >= 4 is 0 Å². The quantitative estimate of drug-likeness (QED) is 0.815. The third-order valence-corrected chi connectivity index (χ3v) is 8.43. The average Bonchev–Trinajstić information content (AvgIpc) is 3.07. The molecule has 2 aliphatic heterocycles. The number of aromatic nitrogens is 2. The first-order chi connectivity index (χ1) is 15.3. The van der Waals surface area contributed by atoms with E-state index in [1.54, 1.807) is 6.20 Å². The summed E-state index contributed by atoms with van der Waals surface area (Å²) < 4.78 is 6.51. The van der Waals surface area contributed by atoms with Gasteiger partial charge in [0.25, 0.3) is 0 Å². The van der Waals surface area contributed by atoms with Gasteiger partial charge in [-0.3, -0.25) is 9.97 Å². The van der Waals surface area contributed by atoms with Crippen molar-refractivity contribution in [1.82, 2.24) is 20.2 Å². The molecule has 2 aliphatic carbocycles. The molecule has 0 amide bonds. The number of hydrogen-bond acceptors (Lipinski definition) is 5. The van der Waals surface area contributed by atoms with Gasteiger partial charge in [0, 0.05) is 43.6 Å². The predicted octanol–water partition coefficient (Wildman–Crippen LogP) is 3.93. The highest BCUT2D eigenvalue weighted by molar-refractivity contribution is 5.47. The summed E-state index contributed by atoms with van der Waals surface area (Å²) in [4.78, 5) is 11.8. The Morgan fingerprint density at radius 2 is 1.87 bits per heavy atom. The normalized spacial score (nSPS) is 26.5. The Hall–Kier alpha value is -1.98. The molecular formula is C26H34N4O. The van der Waals surface area contributed by atoms with Gasteiger partial charge in [-0.2, -0.15) is 0 Å². The minimum Gasteiger partial charge on any atom is -0.490 e. The van der Waals surface area contributed by atoms with Crippen molar-refractivity contribution < 1.29 is 4.74 Å². The van der Waals surface area contributed by atoms with Crippen LogP contribution in [0.5, 0.6) is 5.75 Å². The van der Waals surface area contributed by atoms with Crippen LogP contribution in [0.15, 0.2) is 36.8 Å². The molecule has 1 aromatic heterocycles. The van der Waals surface area contributed by atoms with Crippen LogP contribution in [0.25, 0.3) is 0 Å². The summed E-state index contributed by atoms with van der Waals surface area (Å²) >= 11 is 0. The lowest BCUT2D eigenvalue weighted by molar-refractivity contribution is 0.0493. The lowest BCUT2D eigenvalue weighted by atomic mass is 9.68. The van der Waals surface area contributed by atoms with Gasteiger partial charge in [0.1, 0.15) is 11.9 Å². The molecule has 5 nitrogen and oxygen atoms in total. The molecule has 1 aromatic carbocycles. The maximum Gasteiger partial charge on any atom is 0.120 e. The Kier molecular flexibility index (Phi) is 5.19. The third-order valence-electron chi connectivity index (χ3n) is 8.43. The Labute approximate surface area is 185 Å². The van der Waals surface area contributed by atoms with E-state index < -0.39 is 0 Å². The van der Waals surface area contributed by atoms with E-state index in [0.29, 0.717) is 12.0 Å². The molecule has 164 valence electrons. The molecule has 6 rings (SSSR count). The summed E-state index contributed by atoms with van der Waals surface area (Å²) in [5.74, 6) is 1.41. The van der Waals surface area contributed by atoms with E-state index >= 15 is 0 Å². The van der Waals surface area contributed by atoms with Gasteiger partial charge in [0.2, 0.25) is 0 Å². The monoisotopic (exact) mass is 418 g/mol. The maximum atomic E-state index is 6.51. The van der Waals surface area contributed by atoms with Crippen LogP contribution < -0.4 is 10.1 Å². The highest BCUT2D eigenvalue weighted by atomic mass is 16.5. The molecule has 1 saturated carbocycles. The van der Waals surface area contributed by atoms with Crippen LogP contribution in [-0.2, 0) is 6.42 Å². The summed E-state index contributed by atoms with van der Waals surface area (Å²) in [6, 6.07) is 7.73. The highest BCUT2D eigenvalue weighted by Gasteiger charge is 2.48. The summed E-state index contributed by atoms with van der Waals surface area (Å²) in [6.45, 7) is 4.58. The first kappa shape index (κ1) is 19.7. The van der Waals surface area contributed by atoms with Crippen molar-refractivity contribution in [3.8, 4) is 5.75 Å². The van der Waals surface area contributed by atoms with Crippen LogP contribution in [0.2, 0.25) is 0 Å². The first-order valence-electron chi connectivity index (χ1n) is 12.3. The maximum absolute atomic E-state index is 6.51. The lowest BCUT2D eigenvalue weighted by Gasteiger charge is -2.41. The van der Waals surface area contributed by atoms with E-state index in [2.05, 4.69) is 33.4 Å². The minimum atomic E-state index is 0.260. The third kappa shape index (κ3) is 3.66. The molecule has 1 N–H and O–H groups in total. The van der Waals surface area contributed by atoms with Gasteiger partial charge < -0.3 is 15.0 Å². The molecule has 3 heterocycles. The Morgan fingerprint density at radius 3 is 2.58 bits per heavy atom. The van der Waals surface area contributed by atoms with E-state index in [1.807, 2.05) is 12.4 Å². The van der Waals surface area contributed by atoms with E-state index in [-0.39, 0.29) is 5.41 Å². The van der Waals surface area contributed by atoms with Crippen molar-refractivity contribution in [2.75, 3.05) is 26.2 Å². The van der Waals surface area contributed by atoms with E-state index in [0.717, 1.165) is 49.8 Å². The van der Waals surface area contributed by atoms with Gasteiger partial charge >= 0.3 is 0 Å². The fraction of sp³-hybridized carbons (Fsp3) is 0.615. The van der Waals surface area contributed by atoms with Gasteiger partial charge in [-0.25, -0.2) is 0 Å². The first-order valence-corrected chi connectivity index (χ1v) is 12.3. The topological polar surface area (TPSA) is 50.3 Å². The van der Waals surface area contributed by atoms with E-state index in [1.165, 1.54) is 56.3 Å². The number of nitrogens with zero attached hydrogens (tertiary/aromatic N) is 3. The minimum absolute atomic E-state index is 0.260. The molecule has 1 atom stereocenters. The molecule has 0 unspecified atom stereocenters. The van der Waals surface area contributed by atoms with Gasteiger partial charge in [-0.1, -0.05) is 12.5 Å². The largest absolute Gasteiger partial charge is 0.490 e. The zero-order chi connectivity index (χ0) is 20.7. The van der Waals surface area contributed by atoms with Gasteiger partial charge in [-0.05, 0) is 86.7 Å². The number of hydrogen-bond donors (Lipinski definition) is 1. The second-order valence-corrected chi connectivity index (χ2v) is 10.2. The van der Waals surface area contributed by atoms with Crippen molar-refractivity contribution in [3.05, 3.63) is 53.6 Å². The number of ether oxygens (including phenoxy) is 1. The van der Waals surface area contributed by atoms with Crippen LogP contribution in [0.4, 0.5) is 0 Å². The predicted molar refractivity (Wildman–Crippen MR) is 121 cm³/mol. The lowest BCUT2D eigenvalue weighted by Crippen LogP contribution is -2.46. The second kappa shape index (κ2) is 8.18. The van der Waals surface area contributed by atoms with E-state index in [4.69, 9.17) is 9.72 Å². The smallest absolute Gasteiger partial charge is 0.120 e. The second-order valence-electron chi connectivity index (χ2n) is 10.2. The zero-order valence-electron chi connectivity index (χ0n) is 18.4. The Balaban J connectivity index is 1.21. The van der Waals surface area contributed by atoms with Crippen LogP contribution in [-0.4, -0.2) is 53.2 Å². The van der Waals surface area contributed by atoms with Crippen molar-refractivity contribution in [1.29, 1.82) is 0 Å². The number of nitrogens with one attached hydrogen (secondary N) is 1. The molecule has 31 heavy (non-hydrogen) atoms. The molecule has 3 fully saturated rings. The molecule has 1 spiro atoms. The average molecular weight is 419 g/mol. The Morgan fingerprint density at radius 1 is 1.03 bits per heavy atom. The summed E-state index contributed by atoms with van der Waals surface area (Å²) in [5, 5.41) is 3.56. The number of piperidine rings is 2. The summed E-state index contributed by atoms with van der Waals surface area (Å²) in [5.41, 5.74) is 4.28. The van der Waals surface area contributed by atoms with Crippen molar-refractivity contribution in [3.63, 3.8) is 0 Å². The molecule has 0 radical (unpaired) electrons. The van der Waals surface area contributed by atoms with Crippen LogP contribution in [0.3, 0.4) is 0 Å². The van der Waals surface area contributed by atoms with Crippen molar-refractivity contribution in [2.24, 2.45) is 5.41 Å². The number of rotatable bonds is 4. The van der Waals surface area contributed by atoms with Crippen LogP contribution in [0, 0.1) is 5.41 Å². The van der Waals surface area contributed by atoms with Gasteiger partial charge in [0.15, 0.2) is 0 Å². The van der Waals surface area contributed by atoms with Crippen molar-refractivity contribution in [2.45, 2.75) is 69.4 Å². The van der Waals surface area contributed by atoms with Crippen LogP contribution in [0.1, 0.15) is 67.7 Å². The fourth-order valence-electron chi connectivity index (χ4n) is 6.53. The number of likely N-dealkylation sites (tertiary alicyclic amines) is 1. The van der Waals surface area contributed by atoms with E-state index in [9.17, 15) is 0 Å². The number of benzene rings is 1. The summed E-state index contributed by atoms with van der Waals surface area (Å²) in [6.07, 6.45) is 16.0. The summed E-state index contributed by atoms with van der Waals surface area (Å²) in [7, 11) is 0. The van der Waals surface area contributed by atoms with Crippen LogP contribution >= 0.6 is 0 Å². The zero-order valence-corrected chi connectivity index (χ0v) is 18.4. The number of fused-ring (bicyclic) bond motifs is 1. The molecule has 4 aliphatic rings. The molecule has 2 saturated heterocycles. The standard InChI is InChI=1S/C26H34N4O/c1-2-20(3-1)30-14-6-21(7-15-30)31-22-4-5-23-19(16-22)17-26(8-10-27-11-9-26)25(23)24-18-28-12-13-29-24/h4-5,12-13,16,18,20-21,25,27H,1-3,6-11,14-15,17H2/t25-/m1/s1. The fourth-order valence-corrected chi connectivity index (χ4v) is 6.53. The highest BCUT2D eigenvalue weighted by Crippen LogP contribution is 2.55. The molecule has 0 bridgehead atoms. The SMILES string of the molecule is c1cnc([C@H]2c3ccc(OC4CCN(C5CCC5)CC4)cc3CC23CCNCC3)cn1. The molecule has 2 aromatic rings. The Bertz CT molecular complexity index is 899. The molecular weight excluding hydrogens is 384 g/mol. The van der Waals surface area contributed by atoms with Gasteiger partial charge in [-0.15, -0.1) is 0 Å². The molecule has 5 heteroatoms.